The molecule has 1 atom stereocenters. The van der Waals surface area contributed by atoms with E-state index in [1.807, 2.05) is 23.8 Å². The van der Waals surface area contributed by atoms with Crippen molar-refractivity contribution in [2.45, 2.75) is 24.3 Å². The Morgan fingerprint density at radius 3 is 2.53 bits per heavy atom. The van der Waals surface area contributed by atoms with E-state index in [2.05, 4.69) is 20.7 Å². The van der Waals surface area contributed by atoms with E-state index in [9.17, 15) is 8.42 Å². The smallest absolute Gasteiger partial charge is 0.208 e. The summed E-state index contributed by atoms with van der Waals surface area (Å²) in [5.41, 5.74) is 1.15. The summed E-state index contributed by atoms with van der Waals surface area (Å²) < 4.78 is 27.9. The fraction of sp³-hybridized carbons (Fsp3) is 0.231. The second kappa shape index (κ2) is 6.17. The molecule has 0 amide bonds. The van der Waals surface area contributed by atoms with E-state index in [1.54, 1.807) is 35.6 Å². The Morgan fingerprint density at radius 2 is 1.95 bits per heavy atom. The van der Waals surface area contributed by atoms with Crippen LogP contribution in [-0.4, -0.2) is 14.5 Å². The first-order valence-electron chi connectivity index (χ1n) is 5.76. The largest absolute Gasteiger partial charge is 0.240 e. The molecule has 0 bridgehead atoms. The molecule has 0 spiro atoms. The van der Waals surface area contributed by atoms with Gasteiger partial charge >= 0.3 is 0 Å². The summed E-state index contributed by atoms with van der Waals surface area (Å²) >= 11 is 4.90. The zero-order chi connectivity index (χ0) is 13.9. The highest BCUT2D eigenvalue weighted by molar-refractivity contribution is 9.10. The Hall–Kier alpha value is -0.690. The van der Waals surface area contributed by atoms with Crippen LogP contribution in [0.5, 0.6) is 0 Å². The van der Waals surface area contributed by atoms with Crippen molar-refractivity contribution in [3.05, 3.63) is 51.1 Å². The lowest BCUT2D eigenvalue weighted by Gasteiger charge is -2.13. The third kappa shape index (κ3) is 4.14. The molecule has 0 aliphatic rings. The van der Waals surface area contributed by atoms with Crippen molar-refractivity contribution >= 4 is 37.3 Å². The van der Waals surface area contributed by atoms with Gasteiger partial charge in [-0.1, -0.05) is 15.9 Å². The normalized spacial score (nSPS) is 13.4. The molecule has 2 rings (SSSR count). The van der Waals surface area contributed by atoms with Crippen molar-refractivity contribution in [2.24, 2.45) is 0 Å². The highest BCUT2D eigenvalue weighted by Gasteiger charge is 2.17. The van der Waals surface area contributed by atoms with E-state index >= 15 is 0 Å². The third-order valence-electron chi connectivity index (χ3n) is 2.60. The molecule has 1 aromatic heterocycles. The van der Waals surface area contributed by atoms with Crippen molar-refractivity contribution in [1.29, 1.82) is 0 Å². The maximum atomic E-state index is 12.2. The van der Waals surface area contributed by atoms with E-state index in [0.29, 0.717) is 6.42 Å². The first-order chi connectivity index (χ1) is 8.97. The quantitative estimate of drug-likeness (QED) is 0.888. The molecule has 0 saturated heterocycles. The standard InChI is InChI=1S/C13H14BrNO2S2/c1-10(8-11-6-7-18-9-11)15-19(16,17)13-4-2-12(14)3-5-13/h2-7,9-10,15H,8H2,1H3. The SMILES string of the molecule is CC(Cc1ccsc1)NS(=O)(=O)c1ccc(Br)cc1. The first kappa shape index (κ1) is 14.7. The van der Waals surface area contributed by atoms with Crippen LogP contribution in [0.1, 0.15) is 12.5 Å². The van der Waals surface area contributed by atoms with Gasteiger partial charge in [-0.3, -0.25) is 0 Å². The number of hydrogen-bond donors (Lipinski definition) is 1. The number of benzene rings is 1. The number of sulfonamides is 1. The van der Waals surface area contributed by atoms with Gasteiger partial charge in [-0.15, -0.1) is 0 Å². The molecule has 3 nitrogen and oxygen atoms in total. The van der Waals surface area contributed by atoms with E-state index in [-0.39, 0.29) is 10.9 Å². The summed E-state index contributed by atoms with van der Waals surface area (Å²) in [7, 11) is -3.45. The summed E-state index contributed by atoms with van der Waals surface area (Å²) in [5.74, 6) is 0. The molecule has 6 heteroatoms. The molecular formula is C13H14BrNO2S2. The number of rotatable bonds is 5. The predicted molar refractivity (Wildman–Crippen MR) is 81.9 cm³/mol. The van der Waals surface area contributed by atoms with Crippen LogP contribution in [0, 0.1) is 0 Å². The van der Waals surface area contributed by atoms with Crippen molar-refractivity contribution in [1.82, 2.24) is 4.72 Å². The van der Waals surface area contributed by atoms with Crippen LogP contribution in [0.15, 0.2) is 50.5 Å². The van der Waals surface area contributed by atoms with Crippen LogP contribution in [0.25, 0.3) is 0 Å². The Bertz CT molecular complexity index is 621. The number of halogens is 1. The lowest BCUT2D eigenvalue weighted by atomic mass is 10.1. The van der Waals surface area contributed by atoms with Gasteiger partial charge in [-0.2, -0.15) is 11.3 Å². The van der Waals surface area contributed by atoms with E-state index < -0.39 is 10.0 Å². The fourth-order valence-electron chi connectivity index (χ4n) is 1.75. The van der Waals surface area contributed by atoms with E-state index in [1.165, 1.54) is 0 Å². The lowest BCUT2D eigenvalue weighted by molar-refractivity contribution is 0.560. The zero-order valence-electron chi connectivity index (χ0n) is 10.3. The van der Waals surface area contributed by atoms with Gasteiger partial charge in [0.15, 0.2) is 0 Å². The van der Waals surface area contributed by atoms with Crippen LogP contribution >= 0.6 is 27.3 Å². The molecule has 0 fully saturated rings. The molecule has 1 aromatic carbocycles. The molecule has 2 aromatic rings. The second-order valence-electron chi connectivity index (χ2n) is 4.31. The van der Waals surface area contributed by atoms with Crippen molar-refractivity contribution < 1.29 is 8.42 Å². The number of nitrogens with one attached hydrogen (secondary N) is 1. The summed E-state index contributed by atoms with van der Waals surface area (Å²) in [6.45, 7) is 1.87. The average molecular weight is 360 g/mol. The molecular weight excluding hydrogens is 346 g/mol. The van der Waals surface area contributed by atoms with Crippen LogP contribution < -0.4 is 4.72 Å². The molecule has 0 saturated carbocycles. The number of thiophene rings is 1. The maximum Gasteiger partial charge on any atom is 0.240 e. The van der Waals surface area contributed by atoms with Gasteiger partial charge in [0.05, 0.1) is 4.90 Å². The minimum atomic E-state index is -3.45. The monoisotopic (exact) mass is 359 g/mol. The molecule has 19 heavy (non-hydrogen) atoms. The minimum absolute atomic E-state index is 0.136. The van der Waals surface area contributed by atoms with E-state index in [4.69, 9.17) is 0 Å². The molecule has 0 radical (unpaired) electrons. The summed E-state index contributed by atoms with van der Waals surface area (Å²) in [6, 6.07) is 8.49. The molecule has 1 unspecified atom stereocenters. The first-order valence-corrected chi connectivity index (χ1v) is 8.98. The van der Waals surface area contributed by atoms with Gasteiger partial charge in [-0.05, 0) is 60.0 Å². The highest BCUT2D eigenvalue weighted by atomic mass is 79.9. The molecule has 1 N–H and O–H groups in total. The Labute approximate surface area is 125 Å². The molecule has 0 aliphatic heterocycles. The minimum Gasteiger partial charge on any atom is -0.208 e. The Morgan fingerprint density at radius 1 is 1.26 bits per heavy atom. The summed E-state index contributed by atoms with van der Waals surface area (Å²) in [4.78, 5) is 0.285. The maximum absolute atomic E-state index is 12.2. The van der Waals surface area contributed by atoms with Gasteiger partial charge in [0, 0.05) is 10.5 Å². The topological polar surface area (TPSA) is 46.2 Å². The summed E-state index contributed by atoms with van der Waals surface area (Å²) in [5, 5.41) is 4.02. The lowest BCUT2D eigenvalue weighted by Crippen LogP contribution is -2.33. The predicted octanol–water partition coefficient (Wildman–Crippen LogP) is 3.42. The van der Waals surface area contributed by atoms with Gasteiger partial charge in [0.1, 0.15) is 0 Å². The number of hydrogen-bond acceptors (Lipinski definition) is 3. The Balaban J connectivity index is 2.06. The average Bonchev–Trinajstić information content (AvgIpc) is 2.81. The van der Waals surface area contributed by atoms with Crippen LogP contribution in [0.2, 0.25) is 0 Å². The molecule has 102 valence electrons. The molecule has 1 heterocycles. The van der Waals surface area contributed by atoms with Crippen molar-refractivity contribution in [3.8, 4) is 0 Å². The third-order valence-corrected chi connectivity index (χ3v) is 5.47. The van der Waals surface area contributed by atoms with Crippen LogP contribution in [0.4, 0.5) is 0 Å². The van der Waals surface area contributed by atoms with Crippen molar-refractivity contribution in [3.63, 3.8) is 0 Å². The van der Waals surface area contributed by atoms with Crippen LogP contribution in [-0.2, 0) is 16.4 Å². The summed E-state index contributed by atoms with van der Waals surface area (Å²) in [6.07, 6.45) is 0.694. The Kier molecular flexibility index (Phi) is 4.78. The van der Waals surface area contributed by atoms with Gasteiger partial charge < -0.3 is 0 Å². The fourth-order valence-corrected chi connectivity index (χ4v) is 3.94. The van der Waals surface area contributed by atoms with Gasteiger partial charge in [0.2, 0.25) is 10.0 Å². The second-order valence-corrected chi connectivity index (χ2v) is 7.72. The van der Waals surface area contributed by atoms with Gasteiger partial charge in [0.25, 0.3) is 0 Å². The van der Waals surface area contributed by atoms with Crippen LogP contribution in [0.3, 0.4) is 0 Å². The van der Waals surface area contributed by atoms with Gasteiger partial charge in [-0.25, -0.2) is 13.1 Å². The zero-order valence-corrected chi connectivity index (χ0v) is 13.6. The highest BCUT2D eigenvalue weighted by Crippen LogP contribution is 2.16. The molecule has 0 aliphatic carbocycles. The van der Waals surface area contributed by atoms with Crippen molar-refractivity contribution in [2.75, 3.05) is 0 Å². The van der Waals surface area contributed by atoms with E-state index in [0.717, 1.165) is 10.0 Å².